The first-order chi connectivity index (χ1) is 6.49. The zero-order chi connectivity index (χ0) is 10.3. The highest BCUT2D eigenvalue weighted by atomic mass is 16.6. The summed E-state index contributed by atoms with van der Waals surface area (Å²) in [4.78, 5) is 11.0. The van der Waals surface area contributed by atoms with Gasteiger partial charge in [-0.2, -0.15) is 0 Å². The Hall–Kier alpha value is -0.570. The molecule has 80 valence electrons. The van der Waals surface area contributed by atoms with E-state index in [1.165, 1.54) is 0 Å². The molecule has 0 aromatic heterocycles. The van der Waals surface area contributed by atoms with Crippen molar-refractivity contribution in [1.82, 2.24) is 0 Å². The van der Waals surface area contributed by atoms with E-state index in [9.17, 15) is 4.79 Å². The number of carboxylic acids is 1. The van der Waals surface area contributed by atoms with Gasteiger partial charge in [-0.05, 0) is 45.4 Å². The molecule has 3 atom stereocenters. The third kappa shape index (κ3) is 1.92. The summed E-state index contributed by atoms with van der Waals surface area (Å²) in [6, 6.07) is 0. The van der Waals surface area contributed by atoms with Gasteiger partial charge < -0.3 is 9.84 Å². The van der Waals surface area contributed by atoms with Crippen LogP contribution in [0.25, 0.3) is 0 Å². The minimum atomic E-state index is -0.684. The molecule has 14 heavy (non-hydrogen) atoms. The van der Waals surface area contributed by atoms with Crippen molar-refractivity contribution >= 4 is 5.97 Å². The Morgan fingerprint density at radius 2 is 2.14 bits per heavy atom. The number of ether oxygens (including phenoxy) is 1. The molecule has 0 spiro atoms. The molecule has 2 aliphatic rings. The molecule has 2 fully saturated rings. The van der Waals surface area contributed by atoms with Gasteiger partial charge in [0.2, 0.25) is 0 Å². The van der Waals surface area contributed by atoms with Crippen molar-refractivity contribution in [3.63, 3.8) is 0 Å². The van der Waals surface area contributed by atoms with Gasteiger partial charge in [0.1, 0.15) is 0 Å². The average molecular weight is 198 g/mol. The highest BCUT2D eigenvalue weighted by molar-refractivity contribution is 5.73. The Balaban J connectivity index is 1.87. The molecular weight excluding hydrogens is 180 g/mol. The van der Waals surface area contributed by atoms with E-state index in [0.29, 0.717) is 18.1 Å². The Morgan fingerprint density at radius 3 is 2.71 bits per heavy atom. The van der Waals surface area contributed by atoms with Gasteiger partial charge in [-0.15, -0.1) is 0 Å². The standard InChI is InChI=1S/C11H18O3/c1-11(2,10(12)13)6-7-3-4-8-9(5-7)14-8/h7-9H,3-6H2,1-2H3,(H,12,13). The lowest BCUT2D eigenvalue weighted by atomic mass is 9.77. The Bertz CT molecular complexity index is 247. The molecule has 1 saturated heterocycles. The number of hydrogen-bond acceptors (Lipinski definition) is 2. The van der Waals surface area contributed by atoms with Gasteiger partial charge in [0.15, 0.2) is 0 Å². The molecule has 1 saturated carbocycles. The van der Waals surface area contributed by atoms with E-state index in [0.717, 1.165) is 25.7 Å². The van der Waals surface area contributed by atoms with Crippen LogP contribution in [-0.2, 0) is 9.53 Å². The first-order valence-corrected chi connectivity index (χ1v) is 5.38. The molecule has 1 N–H and O–H groups in total. The summed E-state index contributed by atoms with van der Waals surface area (Å²) < 4.78 is 5.44. The largest absolute Gasteiger partial charge is 0.481 e. The van der Waals surface area contributed by atoms with Crippen molar-refractivity contribution in [2.75, 3.05) is 0 Å². The Kier molecular flexibility index (Phi) is 2.30. The molecule has 1 aliphatic carbocycles. The topological polar surface area (TPSA) is 49.8 Å². The number of aliphatic carboxylic acids is 1. The molecule has 0 bridgehead atoms. The fraction of sp³-hybridized carbons (Fsp3) is 0.909. The van der Waals surface area contributed by atoms with E-state index < -0.39 is 11.4 Å². The Morgan fingerprint density at radius 1 is 1.43 bits per heavy atom. The number of carboxylic acid groups (broad SMARTS) is 1. The molecule has 3 nitrogen and oxygen atoms in total. The predicted molar refractivity (Wildman–Crippen MR) is 52.0 cm³/mol. The van der Waals surface area contributed by atoms with E-state index in [1.54, 1.807) is 0 Å². The van der Waals surface area contributed by atoms with Crippen LogP contribution in [0.1, 0.15) is 39.5 Å². The lowest BCUT2D eigenvalue weighted by molar-refractivity contribution is -0.148. The summed E-state index contributed by atoms with van der Waals surface area (Å²) in [5.74, 6) is -0.138. The van der Waals surface area contributed by atoms with Gasteiger partial charge in [-0.25, -0.2) is 0 Å². The summed E-state index contributed by atoms with van der Waals surface area (Å²) in [6.07, 6.45) is 5.09. The second-order valence-electron chi connectivity index (χ2n) is 5.29. The predicted octanol–water partition coefficient (Wildman–Crippen LogP) is 2.05. The smallest absolute Gasteiger partial charge is 0.309 e. The van der Waals surface area contributed by atoms with Crippen molar-refractivity contribution in [2.24, 2.45) is 11.3 Å². The molecule has 0 aromatic carbocycles. The third-order valence-electron chi connectivity index (χ3n) is 3.49. The number of hydrogen-bond donors (Lipinski definition) is 1. The SMILES string of the molecule is CC(C)(CC1CCC2OC2C1)C(=O)O. The van der Waals surface area contributed by atoms with Crippen LogP contribution in [0.3, 0.4) is 0 Å². The lowest BCUT2D eigenvalue weighted by Crippen LogP contribution is -2.28. The molecule has 3 heteroatoms. The molecule has 0 radical (unpaired) electrons. The number of epoxide rings is 1. The zero-order valence-corrected chi connectivity index (χ0v) is 8.82. The van der Waals surface area contributed by atoms with E-state index in [4.69, 9.17) is 9.84 Å². The van der Waals surface area contributed by atoms with Crippen LogP contribution in [0.4, 0.5) is 0 Å². The van der Waals surface area contributed by atoms with Gasteiger partial charge in [-0.1, -0.05) is 0 Å². The van der Waals surface area contributed by atoms with Crippen LogP contribution in [-0.4, -0.2) is 23.3 Å². The van der Waals surface area contributed by atoms with Crippen LogP contribution >= 0.6 is 0 Å². The lowest BCUT2D eigenvalue weighted by Gasteiger charge is -2.27. The van der Waals surface area contributed by atoms with Gasteiger partial charge in [0, 0.05) is 0 Å². The summed E-state index contributed by atoms with van der Waals surface area (Å²) in [5.41, 5.74) is -0.577. The summed E-state index contributed by atoms with van der Waals surface area (Å²) in [6.45, 7) is 3.63. The van der Waals surface area contributed by atoms with E-state index in [2.05, 4.69) is 0 Å². The number of rotatable bonds is 3. The quantitative estimate of drug-likeness (QED) is 0.706. The molecule has 1 heterocycles. The molecule has 0 aromatic rings. The maximum absolute atomic E-state index is 11.0. The molecule has 1 aliphatic heterocycles. The molecular formula is C11H18O3. The highest BCUT2D eigenvalue weighted by Crippen LogP contribution is 2.43. The Labute approximate surface area is 84.4 Å². The minimum absolute atomic E-state index is 0.457. The van der Waals surface area contributed by atoms with Crippen LogP contribution in [0.15, 0.2) is 0 Å². The van der Waals surface area contributed by atoms with Crippen molar-refractivity contribution in [3.05, 3.63) is 0 Å². The fourth-order valence-corrected chi connectivity index (χ4v) is 2.48. The van der Waals surface area contributed by atoms with Crippen molar-refractivity contribution in [2.45, 2.75) is 51.7 Å². The fourth-order valence-electron chi connectivity index (χ4n) is 2.48. The maximum Gasteiger partial charge on any atom is 0.309 e. The van der Waals surface area contributed by atoms with Gasteiger partial charge in [0.05, 0.1) is 17.6 Å². The van der Waals surface area contributed by atoms with Crippen molar-refractivity contribution in [3.8, 4) is 0 Å². The van der Waals surface area contributed by atoms with Crippen LogP contribution in [0.2, 0.25) is 0 Å². The first-order valence-electron chi connectivity index (χ1n) is 5.38. The number of fused-ring (bicyclic) bond motifs is 1. The third-order valence-corrected chi connectivity index (χ3v) is 3.49. The second-order valence-corrected chi connectivity index (χ2v) is 5.29. The van der Waals surface area contributed by atoms with Crippen molar-refractivity contribution in [1.29, 1.82) is 0 Å². The summed E-state index contributed by atoms with van der Waals surface area (Å²) >= 11 is 0. The molecule has 3 unspecified atom stereocenters. The minimum Gasteiger partial charge on any atom is -0.481 e. The van der Waals surface area contributed by atoms with Crippen LogP contribution in [0, 0.1) is 11.3 Å². The van der Waals surface area contributed by atoms with Gasteiger partial charge in [-0.3, -0.25) is 4.79 Å². The average Bonchev–Trinajstić information content (AvgIpc) is 2.81. The van der Waals surface area contributed by atoms with E-state index in [1.807, 2.05) is 13.8 Å². The van der Waals surface area contributed by atoms with E-state index >= 15 is 0 Å². The van der Waals surface area contributed by atoms with Gasteiger partial charge in [0.25, 0.3) is 0 Å². The van der Waals surface area contributed by atoms with Crippen molar-refractivity contribution < 1.29 is 14.6 Å². The van der Waals surface area contributed by atoms with Crippen LogP contribution in [0.5, 0.6) is 0 Å². The molecule has 2 rings (SSSR count). The zero-order valence-electron chi connectivity index (χ0n) is 8.82. The summed E-state index contributed by atoms with van der Waals surface area (Å²) in [7, 11) is 0. The first kappa shape index (κ1) is 9.97. The second kappa shape index (κ2) is 3.23. The molecule has 0 amide bonds. The van der Waals surface area contributed by atoms with E-state index in [-0.39, 0.29) is 0 Å². The monoisotopic (exact) mass is 198 g/mol. The van der Waals surface area contributed by atoms with Crippen LogP contribution < -0.4 is 0 Å². The highest BCUT2D eigenvalue weighted by Gasteiger charge is 2.45. The number of carbonyl (C=O) groups is 1. The van der Waals surface area contributed by atoms with Gasteiger partial charge >= 0.3 is 5.97 Å². The maximum atomic E-state index is 11.0. The summed E-state index contributed by atoms with van der Waals surface area (Å²) in [5, 5.41) is 9.02. The normalized spacial score (nSPS) is 36.3.